The molecule has 0 aromatic heterocycles. The summed E-state index contributed by atoms with van der Waals surface area (Å²) in [6.45, 7) is 22.1. The number of ether oxygens (including phenoxy) is 2. The zero-order valence-corrected chi connectivity index (χ0v) is 24.1. The SMILES string of the molecule is CCOC(CSSCCN=C(N)N)OCCOP(N(C(C)C)C(C)C)N(C(C)C)C(C)C. The quantitative estimate of drug-likeness (QED) is 0.0646. The molecule has 0 aromatic carbocycles. The number of hydrogen-bond acceptors (Lipinski definition) is 8. The van der Waals surface area contributed by atoms with Gasteiger partial charge >= 0.3 is 0 Å². The standard InChI is InChI=1S/C21H48N5O3PS2/c1-10-27-20(15-32-31-14-11-24-21(22)23)28-12-13-29-30(25(16(2)3)17(4)5)26(18(6)7)19(8)9/h16-20H,10-15H2,1-9H3,(H4,22,23,24). The van der Waals surface area contributed by atoms with Crippen LogP contribution in [0.3, 0.4) is 0 Å². The van der Waals surface area contributed by atoms with Crippen LogP contribution in [0.25, 0.3) is 0 Å². The molecule has 0 aliphatic heterocycles. The number of aliphatic imine (C=N–C) groups is 1. The Hall–Kier alpha value is 0.200. The fraction of sp³-hybridized carbons (Fsp3) is 0.952. The molecule has 32 heavy (non-hydrogen) atoms. The lowest BCUT2D eigenvalue weighted by Crippen LogP contribution is -2.43. The molecule has 4 N–H and O–H groups in total. The number of nitrogens with zero attached hydrogens (tertiary/aromatic N) is 3. The minimum Gasteiger partial charge on any atom is -0.370 e. The fourth-order valence-electron chi connectivity index (χ4n) is 3.24. The van der Waals surface area contributed by atoms with Gasteiger partial charge in [-0.1, -0.05) is 21.6 Å². The molecule has 0 heterocycles. The van der Waals surface area contributed by atoms with Crippen molar-refractivity contribution in [2.45, 2.75) is 92.8 Å². The number of rotatable bonds is 19. The second-order valence-electron chi connectivity index (χ2n) is 8.39. The smallest absolute Gasteiger partial charge is 0.189 e. The van der Waals surface area contributed by atoms with Crippen LogP contribution < -0.4 is 11.5 Å². The van der Waals surface area contributed by atoms with E-state index in [9.17, 15) is 0 Å². The predicted octanol–water partition coefficient (Wildman–Crippen LogP) is 4.50. The average molecular weight is 514 g/mol. The molecule has 0 amide bonds. The van der Waals surface area contributed by atoms with Crippen molar-refractivity contribution in [3.8, 4) is 0 Å². The van der Waals surface area contributed by atoms with Gasteiger partial charge in [0.2, 0.25) is 0 Å². The second-order valence-corrected chi connectivity index (χ2v) is 12.7. The lowest BCUT2D eigenvalue weighted by Gasteiger charge is -2.45. The highest BCUT2D eigenvalue weighted by Crippen LogP contribution is 2.50. The van der Waals surface area contributed by atoms with E-state index in [-0.39, 0.29) is 12.2 Å². The van der Waals surface area contributed by atoms with Gasteiger partial charge in [0.25, 0.3) is 0 Å². The summed E-state index contributed by atoms with van der Waals surface area (Å²) in [4.78, 5) is 3.99. The molecule has 192 valence electrons. The van der Waals surface area contributed by atoms with Gasteiger partial charge in [0.15, 0.2) is 20.7 Å². The third kappa shape index (κ3) is 13.8. The molecule has 0 saturated carbocycles. The van der Waals surface area contributed by atoms with Crippen LogP contribution in [0.5, 0.6) is 0 Å². The maximum absolute atomic E-state index is 6.51. The van der Waals surface area contributed by atoms with Crippen LogP contribution >= 0.6 is 30.0 Å². The first-order valence-corrected chi connectivity index (χ1v) is 15.2. The van der Waals surface area contributed by atoms with Crippen LogP contribution in [0.15, 0.2) is 4.99 Å². The zero-order chi connectivity index (χ0) is 24.7. The van der Waals surface area contributed by atoms with Gasteiger partial charge in [-0.3, -0.25) is 4.99 Å². The monoisotopic (exact) mass is 513 g/mol. The van der Waals surface area contributed by atoms with E-state index in [1.54, 1.807) is 21.6 Å². The highest BCUT2D eigenvalue weighted by molar-refractivity contribution is 8.76. The molecule has 0 fully saturated rings. The summed E-state index contributed by atoms with van der Waals surface area (Å²) < 4.78 is 23.2. The van der Waals surface area contributed by atoms with E-state index >= 15 is 0 Å². The molecule has 0 saturated heterocycles. The topological polar surface area (TPSA) is 98.6 Å². The van der Waals surface area contributed by atoms with Gasteiger partial charge < -0.3 is 25.5 Å². The Morgan fingerprint density at radius 2 is 1.38 bits per heavy atom. The highest BCUT2D eigenvalue weighted by atomic mass is 33.1. The van der Waals surface area contributed by atoms with E-state index < -0.39 is 8.45 Å². The zero-order valence-electron chi connectivity index (χ0n) is 21.6. The van der Waals surface area contributed by atoms with Gasteiger partial charge in [0.05, 0.1) is 25.5 Å². The van der Waals surface area contributed by atoms with E-state index in [1.807, 2.05) is 6.92 Å². The Morgan fingerprint density at radius 1 is 0.844 bits per heavy atom. The Morgan fingerprint density at radius 3 is 1.81 bits per heavy atom. The maximum Gasteiger partial charge on any atom is 0.189 e. The maximum atomic E-state index is 6.51. The first kappa shape index (κ1) is 32.2. The summed E-state index contributed by atoms with van der Waals surface area (Å²) in [7, 11) is 2.51. The van der Waals surface area contributed by atoms with Gasteiger partial charge in [0.1, 0.15) is 0 Å². The molecule has 0 bridgehead atoms. The van der Waals surface area contributed by atoms with Crippen LogP contribution in [-0.2, 0) is 14.0 Å². The van der Waals surface area contributed by atoms with Gasteiger partial charge in [-0.25, -0.2) is 9.34 Å². The third-order valence-electron chi connectivity index (χ3n) is 4.21. The third-order valence-corrected chi connectivity index (χ3v) is 9.60. The average Bonchev–Trinajstić information content (AvgIpc) is 2.66. The number of hydrogen-bond donors (Lipinski definition) is 2. The van der Waals surface area contributed by atoms with Crippen molar-refractivity contribution < 1.29 is 14.0 Å². The van der Waals surface area contributed by atoms with Crippen molar-refractivity contribution in [3.63, 3.8) is 0 Å². The molecule has 1 unspecified atom stereocenters. The van der Waals surface area contributed by atoms with E-state index in [0.717, 1.165) is 11.5 Å². The van der Waals surface area contributed by atoms with Crippen molar-refractivity contribution in [3.05, 3.63) is 0 Å². The van der Waals surface area contributed by atoms with E-state index in [2.05, 4.69) is 69.7 Å². The van der Waals surface area contributed by atoms with Crippen molar-refractivity contribution in [2.24, 2.45) is 16.5 Å². The van der Waals surface area contributed by atoms with Gasteiger partial charge in [-0.15, -0.1) is 0 Å². The number of nitrogens with two attached hydrogens (primary N) is 2. The molecule has 0 radical (unpaired) electrons. The second kappa shape index (κ2) is 18.5. The summed E-state index contributed by atoms with van der Waals surface area (Å²) in [5, 5.41) is 0. The van der Waals surface area contributed by atoms with E-state index in [4.69, 9.17) is 25.5 Å². The van der Waals surface area contributed by atoms with Crippen LogP contribution in [0.1, 0.15) is 62.3 Å². The molecular weight excluding hydrogens is 465 g/mol. The molecule has 0 rings (SSSR count). The van der Waals surface area contributed by atoms with Crippen LogP contribution in [-0.4, -0.2) is 83.6 Å². The Balaban J connectivity index is 4.79. The first-order chi connectivity index (χ1) is 15.0. The minimum absolute atomic E-state index is 0.132. The number of guanidine groups is 1. The van der Waals surface area contributed by atoms with Crippen LogP contribution in [0.2, 0.25) is 0 Å². The van der Waals surface area contributed by atoms with Gasteiger partial charge in [-0.2, -0.15) is 0 Å². The largest absolute Gasteiger partial charge is 0.370 e. The fourth-order valence-corrected chi connectivity index (χ4v) is 7.44. The summed E-state index contributed by atoms with van der Waals surface area (Å²) in [5.41, 5.74) is 10.7. The lowest BCUT2D eigenvalue weighted by molar-refractivity contribution is -0.128. The molecule has 0 spiro atoms. The van der Waals surface area contributed by atoms with Gasteiger partial charge in [0, 0.05) is 36.5 Å². The molecule has 11 heteroatoms. The van der Waals surface area contributed by atoms with Crippen LogP contribution in [0.4, 0.5) is 0 Å². The normalized spacial score (nSPS) is 13.5. The molecule has 1 atom stereocenters. The predicted molar refractivity (Wildman–Crippen MR) is 144 cm³/mol. The molecular formula is C21H48N5O3PS2. The molecule has 0 aliphatic rings. The first-order valence-electron chi connectivity index (χ1n) is 11.5. The highest BCUT2D eigenvalue weighted by Gasteiger charge is 2.34. The van der Waals surface area contributed by atoms with E-state index in [0.29, 0.717) is 50.5 Å². The van der Waals surface area contributed by atoms with Crippen molar-refractivity contribution in [2.75, 3.05) is 37.9 Å². The summed E-state index contributed by atoms with van der Waals surface area (Å²) in [6.07, 6.45) is -0.256. The summed E-state index contributed by atoms with van der Waals surface area (Å²) >= 11 is 0. The summed E-state index contributed by atoms with van der Waals surface area (Å²) in [6, 6.07) is 1.58. The van der Waals surface area contributed by atoms with Crippen molar-refractivity contribution in [1.29, 1.82) is 0 Å². The molecule has 0 aliphatic carbocycles. The van der Waals surface area contributed by atoms with Crippen LogP contribution in [0, 0.1) is 0 Å². The van der Waals surface area contributed by atoms with Crippen molar-refractivity contribution in [1.82, 2.24) is 9.34 Å². The Kier molecular flexibility index (Phi) is 18.6. The van der Waals surface area contributed by atoms with Gasteiger partial charge in [-0.05, 0) is 62.3 Å². The Labute approximate surface area is 206 Å². The molecule has 0 aromatic rings. The minimum atomic E-state index is -0.904. The van der Waals surface area contributed by atoms with E-state index in [1.165, 1.54) is 0 Å². The van der Waals surface area contributed by atoms with Crippen molar-refractivity contribution >= 4 is 36.0 Å². The lowest BCUT2D eigenvalue weighted by atomic mass is 10.3. The Bertz CT molecular complexity index is 462. The molecule has 8 nitrogen and oxygen atoms in total. The summed E-state index contributed by atoms with van der Waals surface area (Å²) in [5.74, 6) is 1.71.